The van der Waals surface area contributed by atoms with Gasteiger partial charge >= 0.3 is 11.7 Å². The maximum Gasteiger partial charge on any atom is 0.330 e. The Morgan fingerprint density at radius 2 is 1.85 bits per heavy atom. The minimum absolute atomic E-state index is 0.0868. The lowest BCUT2D eigenvalue weighted by atomic mass is 10.0. The fourth-order valence-electron chi connectivity index (χ4n) is 5.52. The number of aliphatic hydroxyl groups is 2. The molecule has 19 nitrogen and oxygen atoms in total. The first-order valence-electron chi connectivity index (χ1n) is 15.4. The predicted molar refractivity (Wildman–Crippen MR) is 161 cm³/mol. The van der Waals surface area contributed by atoms with Gasteiger partial charge in [0.1, 0.15) is 36.5 Å². The number of methoxy groups -OCH3 is 1. The number of ether oxygens (including phenoxy) is 5. The number of hydrogen-bond acceptors (Lipinski definition) is 14. The van der Waals surface area contributed by atoms with Gasteiger partial charge in [-0.3, -0.25) is 33.5 Å². The van der Waals surface area contributed by atoms with Crippen molar-refractivity contribution in [2.45, 2.75) is 107 Å². The van der Waals surface area contributed by atoms with Crippen LogP contribution in [0.1, 0.15) is 46.3 Å². The molecule has 2 fully saturated rings. The number of nitrogens with zero attached hydrogens (tertiary/aromatic N) is 1. The Labute approximate surface area is 273 Å². The summed E-state index contributed by atoms with van der Waals surface area (Å²) in [4.78, 5) is 78.0. The quantitative estimate of drug-likeness (QED) is 0.111. The highest BCUT2D eigenvalue weighted by Gasteiger charge is 2.55. The van der Waals surface area contributed by atoms with Crippen molar-refractivity contribution in [1.82, 2.24) is 20.2 Å². The number of aliphatic hydroxyl groups excluding tert-OH is 2. The third-order valence-electron chi connectivity index (χ3n) is 8.28. The van der Waals surface area contributed by atoms with Crippen LogP contribution >= 0.6 is 0 Å². The number of nitrogens with one attached hydrogen (secondary N) is 3. The van der Waals surface area contributed by atoms with E-state index in [9.17, 15) is 39.0 Å². The highest BCUT2D eigenvalue weighted by Crippen LogP contribution is 2.36. The molecule has 0 saturated carbocycles. The van der Waals surface area contributed by atoms with E-state index in [2.05, 4.69) is 15.6 Å². The molecular formula is C29H42N6O13. The van der Waals surface area contributed by atoms with Gasteiger partial charge in [0.15, 0.2) is 24.2 Å². The van der Waals surface area contributed by atoms with Crippen LogP contribution in [0.25, 0.3) is 0 Å². The molecule has 11 atom stereocenters. The molecule has 4 rings (SSSR count). The van der Waals surface area contributed by atoms with Crippen LogP contribution in [0.3, 0.4) is 0 Å². The van der Waals surface area contributed by atoms with E-state index in [0.29, 0.717) is 19.3 Å². The van der Waals surface area contributed by atoms with Gasteiger partial charge in [-0.25, -0.2) is 4.79 Å². The van der Waals surface area contributed by atoms with Gasteiger partial charge in [0, 0.05) is 25.4 Å². The van der Waals surface area contributed by atoms with Gasteiger partial charge in [-0.1, -0.05) is 13.8 Å². The fraction of sp³-hybridized carbons (Fsp3) is 0.655. The maximum absolute atomic E-state index is 13.1. The van der Waals surface area contributed by atoms with Crippen LogP contribution in [0, 0.1) is 5.92 Å². The molecule has 1 aromatic heterocycles. The Balaban J connectivity index is 1.60. The summed E-state index contributed by atoms with van der Waals surface area (Å²) in [7, 11) is 1.19. The zero-order valence-electron chi connectivity index (χ0n) is 26.8. The van der Waals surface area contributed by atoms with E-state index in [1.165, 1.54) is 7.11 Å². The second kappa shape index (κ2) is 15.4. The topological polar surface area (TPSA) is 286 Å². The van der Waals surface area contributed by atoms with Crippen molar-refractivity contribution >= 4 is 23.7 Å². The fourth-order valence-corrected chi connectivity index (χ4v) is 5.52. The standard InChI is InChI=1S/C29H42N6O13/c1-11(2)17(30)27(42)47-22-19(44-4)20(46-26(22)35-9-8-16(37)34-29(35)43)21(23(31)39)48-28-18(38)14(36)10-15(45-28)25(41)33-13-7-5-6-12(3)32-24(13)40/h8-14,17-22,26,28,36,38H,5-7,30H2,1-4H3,(H2,31,39)(H,32,40)(H,33,41)(H,34,37,43)/t12-,13?,14+,17+,18+,19-,20+,21+,22-,26-,28-/m1/s1. The summed E-state index contributed by atoms with van der Waals surface area (Å²) in [6.07, 6.45) is -9.65. The Morgan fingerprint density at radius 1 is 1.15 bits per heavy atom. The third-order valence-corrected chi connectivity index (χ3v) is 8.28. The molecule has 48 heavy (non-hydrogen) atoms. The number of aromatic nitrogens is 2. The van der Waals surface area contributed by atoms with E-state index >= 15 is 0 Å². The molecule has 0 bridgehead atoms. The number of carbonyl (C=O) groups is 4. The summed E-state index contributed by atoms with van der Waals surface area (Å²) in [6.45, 7) is 5.18. The van der Waals surface area contributed by atoms with Crippen LogP contribution in [-0.4, -0.2) is 112 Å². The first-order chi connectivity index (χ1) is 22.6. The number of aromatic amines is 1. The number of esters is 1. The predicted octanol–water partition coefficient (Wildman–Crippen LogP) is -3.65. The molecule has 9 N–H and O–H groups in total. The van der Waals surface area contributed by atoms with Gasteiger partial charge in [0.25, 0.3) is 11.5 Å². The SMILES string of the molecule is CO[C@H]1[C@@H](OC(=O)[C@@H](N)C(C)C)[C@H](n2ccc(=O)[nH]c2=O)O[C@@H]1[C@H](O[C@H]1OC(C(=O)NC2CCC[C@@H](C)NC2=O)=C[C@H](O)[C@@H]1O)C(N)=O. The minimum atomic E-state index is -1.91. The molecule has 266 valence electrons. The monoisotopic (exact) mass is 682 g/mol. The normalized spacial score (nSPS) is 31.9. The number of amides is 3. The zero-order valence-corrected chi connectivity index (χ0v) is 26.8. The molecule has 3 amide bonds. The summed E-state index contributed by atoms with van der Waals surface area (Å²) >= 11 is 0. The second-order valence-corrected chi connectivity index (χ2v) is 12.2. The van der Waals surface area contributed by atoms with Crippen molar-refractivity contribution in [3.05, 3.63) is 44.9 Å². The van der Waals surface area contributed by atoms with Crippen LogP contribution < -0.4 is 33.3 Å². The highest BCUT2D eigenvalue weighted by molar-refractivity contribution is 5.95. The third kappa shape index (κ3) is 8.10. The lowest BCUT2D eigenvalue weighted by Gasteiger charge is -2.35. The number of H-pyrrole nitrogens is 1. The van der Waals surface area contributed by atoms with Crippen LogP contribution in [0.5, 0.6) is 0 Å². The van der Waals surface area contributed by atoms with Crippen LogP contribution in [-0.2, 0) is 42.9 Å². The Morgan fingerprint density at radius 3 is 2.48 bits per heavy atom. The number of carbonyl (C=O) groups excluding carboxylic acids is 4. The first-order valence-corrected chi connectivity index (χ1v) is 15.4. The average Bonchev–Trinajstić information content (AvgIpc) is 3.28. The Bertz CT molecular complexity index is 1510. The van der Waals surface area contributed by atoms with Crippen molar-refractivity contribution < 1.29 is 53.1 Å². The highest BCUT2D eigenvalue weighted by atomic mass is 16.7. The van der Waals surface area contributed by atoms with Gasteiger partial charge < -0.3 is 56.0 Å². The van der Waals surface area contributed by atoms with Gasteiger partial charge in [-0.2, -0.15) is 0 Å². The molecule has 0 radical (unpaired) electrons. The molecule has 1 unspecified atom stereocenters. The van der Waals surface area contributed by atoms with Crippen molar-refractivity contribution in [3.63, 3.8) is 0 Å². The molecule has 4 heterocycles. The van der Waals surface area contributed by atoms with Crippen molar-refractivity contribution in [3.8, 4) is 0 Å². The van der Waals surface area contributed by atoms with Gasteiger partial charge in [-0.15, -0.1) is 0 Å². The molecule has 0 aliphatic carbocycles. The van der Waals surface area contributed by atoms with Crippen molar-refractivity contribution in [2.75, 3.05) is 7.11 Å². The lowest BCUT2D eigenvalue weighted by Crippen LogP contribution is -2.55. The Kier molecular flexibility index (Phi) is 11.8. The number of primary amides is 1. The second-order valence-electron chi connectivity index (χ2n) is 12.2. The van der Waals surface area contributed by atoms with Crippen molar-refractivity contribution in [1.29, 1.82) is 0 Å². The molecular weight excluding hydrogens is 640 g/mol. The van der Waals surface area contributed by atoms with E-state index in [4.69, 9.17) is 35.2 Å². The van der Waals surface area contributed by atoms with Crippen molar-refractivity contribution in [2.24, 2.45) is 17.4 Å². The molecule has 3 aliphatic rings. The van der Waals surface area contributed by atoms with E-state index in [1.54, 1.807) is 13.8 Å². The first kappa shape index (κ1) is 36.7. The summed E-state index contributed by atoms with van der Waals surface area (Å²) < 4.78 is 29.3. The van der Waals surface area contributed by atoms with E-state index in [0.717, 1.165) is 22.9 Å². The smallest absolute Gasteiger partial charge is 0.330 e. The van der Waals surface area contributed by atoms with Crippen LogP contribution in [0.15, 0.2) is 33.7 Å². The minimum Gasteiger partial charge on any atom is -0.456 e. The summed E-state index contributed by atoms with van der Waals surface area (Å²) in [5, 5.41) is 26.6. The zero-order chi connectivity index (χ0) is 35.4. The molecule has 0 aromatic carbocycles. The Hall–Kier alpha value is -4.14. The number of rotatable bonds is 11. The number of hydrogen-bond donors (Lipinski definition) is 7. The van der Waals surface area contributed by atoms with Gasteiger partial charge in [0.05, 0.1) is 0 Å². The number of nitrogens with two attached hydrogens (primary N) is 2. The maximum atomic E-state index is 13.1. The van der Waals surface area contributed by atoms with Gasteiger partial charge in [0.2, 0.25) is 18.1 Å². The van der Waals surface area contributed by atoms with Gasteiger partial charge in [-0.05, 0) is 38.2 Å². The van der Waals surface area contributed by atoms with Crippen LogP contribution in [0.2, 0.25) is 0 Å². The van der Waals surface area contributed by atoms with E-state index < -0.39 is 102 Å². The summed E-state index contributed by atoms with van der Waals surface area (Å²) in [6, 6.07) is -1.09. The molecule has 2 saturated heterocycles. The summed E-state index contributed by atoms with van der Waals surface area (Å²) in [5.41, 5.74) is 9.96. The lowest BCUT2D eigenvalue weighted by molar-refractivity contribution is -0.241. The average molecular weight is 683 g/mol. The van der Waals surface area contributed by atoms with E-state index in [-0.39, 0.29) is 12.0 Å². The largest absolute Gasteiger partial charge is 0.456 e. The molecule has 1 aromatic rings. The molecule has 3 aliphatic heterocycles. The summed E-state index contributed by atoms with van der Waals surface area (Å²) in [5.74, 6) is -4.28. The molecule has 0 spiro atoms. The van der Waals surface area contributed by atoms with Crippen LogP contribution in [0.4, 0.5) is 0 Å². The molecule has 19 heteroatoms. The van der Waals surface area contributed by atoms with E-state index in [1.807, 2.05) is 6.92 Å².